The van der Waals surface area contributed by atoms with Crippen LogP contribution in [0.1, 0.15) is 11.1 Å². The first-order valence-corrected chi connectivity index (χ1v) is 14.2. The van der Waals surface area contributed by atoms with E-state index < -0.39 is 9.84 Å². The van der Waals surface area contributed by atoms with E-state index in [0.717, 1.165) is 32.4 Å². The second-order valence-electron chi connectivity index (χ2n) is 7.65. The van der Waals surface area contributed by atoms with Gasteiger partial charge >= 0.3 is 0 Å². The molecule has 0 fully saturated rings. The highest BCUT2D eigenvalue weighted by Gasteiger charge is 2.18. The molecule has 0 radical (unpaired) electrons. The number of hydrogen-bond acceptors (Lipinski definition) is 5. The minimum atomic E-state index is -3.29. The van der Waals surface area contributed by atoms with E-state index in [1.165, 1.54) is 11.8 Å². The lowest BCUT2D eigenvalue weighted by atomic mass is 9.99. The van der Waals surface area contributed by atoms with E-state index in [2.05, 4.69) is 22.0 Å². The van der Waals surface area contributed by atoms with Crippen LogP contribution in [0.15, 0.2) is 100 Å². The van der Waals surface area contributed by atoms with E-state index >= 15 is 0 Å². The average Bonchev–Trinajstić information content (AvgIpc) is 2.85. The molecule has 0 bridgehead atoms. The zero-order chi connectivity index (χ0) is 24.0. The molecule has 4 rings (SSSR count). The van der Waals surface area contributed by atoms with Gasteiger partial charge < -0.3 is 0 Å². The van der Waals surface area contributed by atoms with Gasteiger partial charge in [0.05, 0.1) is 22.8 Å². The molecule has 4 nitrogen and oxygen atoms in total. The molecule has 3 aromatic carbocycles. The average molecular weight is 550 g/mol. The van der Waals surface area contributed by atoms with Crippen molar-refractivity contribution in [2.45, 2.75) is 10.8 Å². The number of nitriles is 1. The van der Waals surface area contributed by atoms with Crippen LogP contribution < -0.4 is 0 Å². The van der Waals surface area contributed by atoms with Crippen molar-refractivity contribution in [1.82, 2.24) is 4.98 Å². The maximum atomic E-state index is 12.7. The van der Waals surface area contributed by atoms with Gasteiger partial charge in [0, 0.05) is 21.4 Å². The van der Waals surface area contributed by atoms with Crippen molar-refractivity contribution in [2.75, 3.05) is 11.5 Å². The van der Waals surface area contributed by atoms with Gasteiger partial charge in [-0.15, -0.1) is 11.8 Å². The quantitative estimate of drug-likeness (QED) is 0.227. The van der Waals surface area contributed by atoms with Crippen LogP contribution in [-0.2, 0) is 15.6 Å². The second kappa shape index (κ2) is 11.0. The summed E-state index contributed by atoms with van der Waals surface area (Å²) in [5.41, 5.74) is 4.58. The Morgan fingerprint density at radius 2 is 1.53 bits per heavy atom. The highest BCUT2D eigenvalue weighted by atomic mass is 79.9. The summed E-state index contributed by atoms with van der Waals surface area (Å²) >= 11 is 4.77. The molecule has 0 N–H and O–H groups in total. The first-order chi connectivity index (χ1) is 16.4. The molecular formula is C27H21BrN2O2S2. The molecule has 0 aliphatic heterocycles. The summed E-state index contributed by atoms with van der Waals surface area (Å²) in [4.78, 5) is 4.76. The van der Waals surface area contributed by atoms with Crippen molar-refractivity contribution in [3.05, 3.63) is 107 Å². The predicted octanol–water partition coefficient (Wildman–Crippen LogP) is 6.76. The number of pyridine rings is 1. The van der Waals surface area contributed by atoms with Crippen molar-refractivity contribution in [2.24, 2.45) is 0 Å². The van der Waals surface area contributed by atoms with Gasteiger partial charge in [-0.3, -0.25) is 0 Å². The standard InChI is InChI=1S/C27H21BrN2O2S2/c28-23-13-11-22(12-14-23)26-17-24(21-9-5-2-6-10-21)25(18-29)27(30-26)33-15-16-34(31,32)19-20-7-3-1-4-8-20/h1-14,17H,15-16,19H2. The van der Waals surface area contributed by atoms with Crippen LogP contribution in [-0.4, -0.2) is 24.9 Å². The van der Waals surface area contributed by atoms with Crippen LogP contribution in [0.5, 0.6) is 0 Å². The first kappa shape index (κ1) is 24.2. The third-order valence-corrected chi connectivity index (χ3v) is 8.55. The van der Waals surface area contributed by atoms with E-state index in [9.17, 15) is 13.7 Å². The Labute approximate surface area is 212 Å². The van der Waals surface area contributed by atoms with Gasteiger partial charge in [0.15, 0.2) is 9.84 Å². The molecule has 0 amide bonds. The van der Waals surface area contributed by atoms with Gasteiger partial charge in [-0.2, -0.15) is 5.26 Å². The fourth-order valence-corrected chi connectivity index (χ4v) is 6.63. The second-order valence-corrected chi connectivity index (χ2v) is 11.8. The van der Waals surface area contributed by atoms with Crippen molar-refractivity contribution in [3.8, 4) is 28.5 Å². The van der Waals surface area contributed by atoms with Gasteiger partial charge in [0.2, 0.25) is 0 Å². The number of thioether (sulfide) groups is 1. The molecule has 1 aromatic heterocycles. The Balaban J connectivity index is 1.64. The Bertz CT molecular complexity index is 1420. The lowest BCUT2D eigenvalue weighted by molar-refractivity contribution is 0.597. The number of rotatable bonds is 8. The number of halogens is 1. The summed E-state index contributed by atoms with van der Waals surface area (Å²) in [5, 5.41) is 10.5. The van der Waals surface area contributed by atoms with Gasteiger partial charge in [-0.25, -0.2) is 13.4 Å². The molecule has 0 atom stereocenters. The normalized spacial score (nSPS) is 11.2. The van der Waals surface area contributed by atoms with Crippen molar-refractivity contribution < 1.29 is 8.42 Å². The Kier molecular flexibility index (Phi) is 7.84. The van der Waals surface area contributed by atoms with Crippen LogP contribution in [0.2, 0.25) is 0 Å². The number of benzene rings is 3. The smallest absolute Gasteiger partial charge is 0.155 e. The third-order valence-electron chi connectivity index (χ3n) is 5.19. The molecule has 0 aliphatic rings. The predicted molar refractivity (Wildman–Crippen MR) is 142 cm³/mol. The summed E-state index contributed by atoms with van der Waals surface area (Å²) in [6.07, 6.45) is 0. The van der Waals surface area contributed by atoms with Gasteiger partial charge in [0.1, 0.15) is 11.1 Å². The molecule has 34 heavy (non-hydrogen) atoms. The van der Waals surface area contributed by atoms with Crippen molar-refractivity contribution in [1.29, 1.82) is 5.26 Å². The molecule has 0 saturated carbocycles. The number of aromatic nitrogens is 1. The van der Waals surface area contributed by atoms with Crippen LogP contribution in [0, 0.1) is 11.3 Å². The maximum absolute atomic E-state index is 12.7. The van der Waals surface area contributed by atoms with Crippen molar-refractivity contribution >= 4 is 37.5 Å². The largest absolute Gasteiger partial charge is 0.240 e. The Hall–Kier alpha value is -2.92. The molecule has 0 saturated heterocycles. The third kappa shape index (κ3) is 6.15. The lowest BCUT2D eigenvalue weighted by Gasteiger charge is -2.13. The van der Waals surface area contributed by atoms with Gasteiger partial charge in [-0.1, -0.05) is 88.7 Å². The summed E-state index contributed by atoms with van der Waals surface area (Å²) in [7, 11) is -3.29. The SMILES string of the molecule is N#Cc1c(-c2ccccc2)cc(-c2ccc(Br)cc2)nc1SCCS(=O)(=O)Cc1ccccc1. The van der Waals surface area contributed by atoms with Crippen LogP contribution >= 0.6 is 27.7 Å². The van der Waals surface area contributed by atoms with Gasteiger partial charge in [-0.05, 0) is 29.3 Å². The lowest BCUT2D eigenvalue weighted by Crippen LogP contribution is -2.11. The molecule has 4 aromatic rings. The molecule has 0 aliphatic carbocycles. The topological polar surface area (TPSA) is 70.8 Å². The van der Waals surface area contributed by atoms with Crippen molar-refractivity contribution in [3.63, 3.8) is 0 Å². The molecule has 1 heterocycles. The zero-order valence-electron chi connectivity index (χ0n) is 18.2. The minimum Gasteiger partial charge on any atom is -0.240 e. The van der Waals surface area contributed by atoms with E-state index in [0.29, 0.717) is 16.3 Å². The minimum absolute atomic E-state index is 0.00112. The van der Waals surface area contributed by atoms with Gasteiger partial charge in [0.25, 0.3) is 0 Å². The summed E-state index contributed by atoms with van der Waals surface area (Å²) in [6, 6.07) is 30.9. The van der Waals surface area contributed by atoms with Crippen LogP contribution in [0.3, 0.4) is 0 Å². The van der Waals surface area contributed by atoms with Crippen LogP contribution in [0.25, 0.3) is 22.4 Å². The molecule has 170 valence electrons. The maximum Gasteiger partial charge on any atom is 0.155 e. The number of nitrogens with zero attached hydrogens (tertiary/aromatic N) is 2. The van der Waals surface area contributed by atoms with E-state index in [1.54, 1.807) is 0 Å². The molecule has 7 heteroatoms. The molecule has 0 spiro atoms. The highest BCUT2D eigenvalue weighted by molar-refractivity contribution is 9.10. The fourth-order valence-electron chi connectivity index (χ4n) is 3.51. The first-order valence-electron chi connectivity index (χ1n) is 10.6. The van der Waals surface area contributed by atoms with E-state index in [-0.39, 0.29) is 11.5 Å². The van der Waals surface area contributed by atoms with E-state index in [4.69, 9.17) is 4.98 Å². The highest BCUT2D eigenvalue weighted by Crippen LogP contribution is 2.34. The van der Waals surface area contributed by atoms with Crippen LogP contribution in [0.4, 0.5) is 0 Å². The van der Waals surface area contributed by atoms with E-state index in [1.807, 2.05) is 91.0 Å². The monoisotopic (exact) mass is 548 g/mol. The number of hydrogen-bond donors (Lipinski definition) is 0. The molecule has 0 unspecified atom stereocenters. The molecular weight excluding hydrogens is 528 g/mol. The fraction of sp³-hybridized carbons (Fsp3) is 0.111. The summed E-state index contributed by atoms with van der Waals surface area (Å²) in [6.45, 7) is 0. The summed E-state index contributed by atoms with van der Waals surface area (Å²) < 4.78 is 26.3. The Morgan fingerprint density at radius 1 is 0.882 bits per heavy atom. The zero-order valence-corrected chi connectivity index (χ0v) is 21.4. The number of sulfone groups is 1. The summed E-state index contributed by atoms with van der Waals surface area (Å²) in [5.74, 6) is 0.318. The Morgan fingerprint density at radius 3 is 2.18 bits per heavy atom.